The molecule has 1 aliphatic heterocycles. The van der Waals surface area contributed by atoms with Crippen LogP contribution in [0.3, 0.4) is 0 Å². The molecule has 0 bridgehead atoms. The van der Waals surface area contributed by atoms with Gasteiger partial charge in [0.05, 0.1) is 6.61 Å². The molecule has 3 nitrogen and oxygen atoms in total. The maximum Gasteiger partial charge on any atom is 0.126 e. The molecule has 4 heteroatoms. The predicted molar refractivity (Wildman–Crippen MR) is 72.1 cm³/mol. The van der Waals surface area contributed by atoms with E-state index in [0.717, 1.165) is 40.6 Å². The molecule has 92 valence electrons. The topological polar surface area (TPSA) is 48.1 Å². The quantitative estimate of drug-likeness (QED) is 0.903. The van der Waals surface area contributed by atoms with Gasteiger partial charge in [-0.1, -0.05) is 11.6 Å². The SMILES string of the molecule is Nc1ccncc1Cc1cc(Cl)cc2c1OCC2. The van der Waals surface area contributed by atoms with Crippen LogP contribution in [0.25, 0.3) is 0 Å². The van der Waals surface area contributed by atoms with Crippen LogP contribution in [0.4, 0.5) is 5.69 Å². The van der Waals surface area contributed by atoms with E-state index in [1.807, 2.05) is 12.1 Å². The molecule has 0 fully saturated rings. The summed E-state index contributed by atoms with van der Waals surface area (Å²) in [5.74, 6) is 0.961. The van der Waals surface area contributed by atoms with Crippen molar-refractivity contribution in [3.8, 4) is 5.75 Å². The van der Waals surface area contributed by atoms with E-state index >= 15 is 0 Å². The molecule has 18 heavy (non-hydrogen) atoms. The Morgan fingerprint density at radius 1 is 1.33 bits per heavy atom. The highest BCUT2D eigenvalue weighted by molar-refractivity contribution is 6.30. The van der Waals surface area contributed by atoms with Crippen LogP contribution in [0.15, 0.2) is 30.6 Å². The number of benzene rings is 1. The van der Waals surface area contributed by atoms with Gasteiger partial charge in [0.25, 0.3) is 0 Å². The van der Waals surface area contributed by atoms with Gasteiger partial charge in [0, 0.05) is 41.5 Å². The minimum absolute atomic E-state index is 0.697. The molecule has 2 N–H and O–H groups in total. The number of rotatable bonds is 2. The van der Waals surface area contributed by atoms with Gasteiger partial charge in [-0.2, -0.15) is 0 Å². The summed E-state index contributed by atoms with van der Waals surface area (Å²) in [6.07, 6.45) is 5.10. The fraction of sp³-hybridized carbons (Fsp3) is 0.214. The van der Waals surface area contributed by atoms with Gasteiger partial charge in [0.1, 0.15) is 5.75 Å². The molecule has 3 rings (SSSR count). The summed E-state index contributed by atoms with van der Waals surface area (Å²) < 4.78 is 5.68. The molecule has 1 aliphatic rings. The van der Waals surface area contributed by atoms with E-state index in [1.165, 1.54) is 5.56 Å². The van der Waals surface area contributed by atoms with Gasteiger partial charge in [0.2, 0.25) is 0 Å². The molecule has 1 aromatic carbocycles. The van der Waals surface area contributed by atoms with Crippen LogP contribution < -0.4 is 10.5 Å². The zero-order valence-electron chi connectivity index (χ0n) is 9.82. The number of hydrogen-bond acceptors (Lipinski definition) is 3. The standard InChI is InChI=1S/C14H13ClN2O/c15-12-6-9-2-4-18-14(9)10(7-12)5-11-8-17-3-1-13(11)16/h1,3,6-8H,2,4-5H2,(H2,16,17). The molecule has 2 heterocycles. The Kier molecular flexibility index (Phi) is 2.84. The molecule has 0 spiro atoms. The average Bonchev–Trinajstić information content (AvgIpc) is 2.80. The number of halogens is 1. The lowest BCUT2D eigenvalue weighted by Gasteiger charge is -2.10. The summed E-state index contributed by atoms with van der Waals surface area (Å²) in [4.78, 5) is 4.10. The van der Waals surface area contributed by atoms with E-state index in [0.29, 0.717) is 6.42 Å². The van der Waals surface area contributed by atoms with Gasteiger partial charge in [-0.25, -0.2) is 0 Å². The van der Waals surface area contributed by atoms with Crippen molar-refractivity contribution in [1.29, 1.82) is 0 Å². The van der Waals surface area contributed by atoms with Gasteiger partial charge >= 0.3 is 0 Å². The van der Waals surface area contributed by atoms with Crippen molar-refractivity contribution in [2.75, 3.05) is 12.3 Å². The Morgan fingerprint density at radius 2 is 2.22 bits per heavy atom. The average molecular weight is 261 g/mol. The van der Waals surface area contributed by atoms with Crippen LogP contribution in [0.1, 0.15) is 16.7 Å². The van der Waals surface area contributed by atoms with Crippen LogP contribution in [0.2, 0.25) is 5.02 Å². The van der Waals surface area contributed by atoms with Gasteiger partial charge in [-0.05, 0) is 29.3 Å². The van der Waals surface area contributed by atoms with Gasteiger partial charge in [0.15, 0.2) is 0 Å². The minimum Gasteiger partial charge on any atom is -0.493 e. The van der Waals surface area contributed by atoms with Crippen molar-refractivity contribution < 1.29 is 4.74 Å². The molecule has 0 amide bonds. The van der Waals surface area contributed by atoms with Crippen LogP contribution in [-0.2, 0) is 12.8 Å². The van der Waals surface area contributed by atoms with Gasteiger partial charge in [-0.3, -0.25) is 4.98 Å². The molecule has 0 atom stereocenters. The lowest BCUT2D eigenvalue weighted by molar-refractivity contribution is 0.354. The number of nitrogens with zero attached hydrogens (tertiary/aromatic N) is 1. The second-order valence-electron chi connectivity index (χ2n) is 4.40. The van der Waals surface area contributed by atoms with Crippen molar-refractivity contribution in [2.45, 2.75) is 12.8 Å². The first-order chi connectivity index (χ1) is 8.74. The lowest BCUT2D eigenvalue weighted by atomic mass is 10.0. The highest BCUT2D eigenvalue weighted by Gasteiger charge is 2.18. The molecular weight excluding hydrogens is 248 g/mol. The van der Waals surface area contributed by atoms with Crippen molar-refractivity contribution in [2.24, 2.45) is 0 Å². The number of anilines is 1. The maximum atomic E-state index is 6.13. The lowest BCUT2D eigenvalue weighted by Crippen LogP contribution is -1.98. The third kappa shape index (κ3) is 2.02. The molecule has 0 radical (unpaired) electrons. The van der Waals surface area contributed by atoms with E-state index < -0.39 is 0 Å². The number of nitrogen functional groups attached to an aromatic ring is 1. The first kappa shape index (κ1) is 11.4. The zero-order valence-corrected chi connectivity index (χ0v) is 10.6. The largest absolute Gasteiger partial charge is 0.493 e. The Labute approximate surface area is 111 Å². The number of pyridine rings is 1. The molecular formula is C14H13ClN2O. The number of ether oxygens (including phenoxy) is 1. The Balaban J connectivity index is 2.01. The van der Waals surface area contributed by atoms with E-state index in [1.54, 1.807) is 18.5 Å². The molecule has 0 saturated carbocycles. The first-order valence-electron chi connectivity index (χ1n) is 5.86. The molecule has 0 unspecified atom stereocenters. The van der Waals surface area contributed by atoms with E-state index in [-0.39, 0.29) is 0 Å². The van der Waals surface area contributed by atoms with E-state index in [4.69, 9.17) is 22.1 Å². The van der Waals surface area contributed by atoms with E-state index in [2.05, 4.69) is 4.98 Å². The zero-order chi connectivity index (χ0) is 12.5. The van der Waals surface area contributed by atoms with Crippen LogP contribution >= 0.6 is 11.6 Å². The number of hydrogen-bond donors (Lipinski definition) is 1. The van der Waals surface area contributed by atoms with Crippen molar-refractivity contribution in [3.05, 3.63) is 52.3 Å². The summed E-state index contributed by atoms with van der Waals surface area (Å²) in [5.41, 5.74) is 9.94. The summed E-state index contributed by atoms with van der Waals surface area (Å²) in [5, 5.41) is 0.747. The Morgan fingerprint density at radius 3 is 3.06 bits per heavy atom. The van der Waals surface area contributed by atoms with Crippen LogP contribution in [0.5, 0.6) is 5.75 Å². The van der Waals surface area contributed by atoms with Crippen LogP contribution in [-0.4, -0.2) is 11.6 Å². The third-order valence-electron chi connectivity index (χ3n) is 3.15. The molecule has 1 aromatic heterocycles. The third-order valence-corrected chi connectivity index (χ3v) is 3.37. The maximum absolute atomic E-state index is 6.13. The Bertz CT molecular complexity index is 598. The predicted octanol–water partition coefficient (Wildman–Crippen LogP) is 2.84. The highest BCUT2D eigenvalue weighted by atomic mass is 35.5. The minimum atomic E-state index is 0.697. The second kappa shape index (κ2) is 4.50. The normalized spacial score (nSPS) is 13.2. The van der Waals surface area contributed by atoms with Gasteiger partial charge in [-0.15, -0.1) is 0 Å². The number of nitrogens with two attached hydrogens (primary N) is 1. The molecule has 0 saturated heterocycles. The molecule has 2 aromatic rings. The Hall–Kier alpha value is -1.74. The summed E-state index contributed by atoms with van der Waals surface area (Å²) in [7, 11) is 0. The monoisotopic (exact) mass is 260 g/mol. The van der Waals surface area contributed by atoms with Gasteiger partial charge < -0.3 is 10.5 Å². The smallest absolute Gasteiger partial charge is 0.126 e. The summed E-state index contributed by atoms with van der Waals surface area (Å²) in [6.45, 7) is 0.727. The summed E-state index contributed by atoms with van der Waals surface area (Å²) >= 11 is 6.13. The number of fused-ring (bicyclic) bond motifs is 1. The fourth-order valence-corrected chi connectivity index (χ4v) is 2.53. The fourth-order valence-electron chi connectivity index (χ4n) is 2.27. The molecule has 0 aliphatic carbocycles. The van der Waals surface area contributed by atoms with E-state index in [9.17, 15) is 0 Å². The van der Waals surface area contributed by atoms with Crippen molar-refractivity contribution in [3.63, 3.8) is 0 Å². The highest BCUT2D eigenvalue weighted by Crippen LogP contribution is 2.34. The summed E-state index contributed by atoms with van der Waals surface area (Å²) in [6, 6.07) is 5.72. The first-order valence-corrected chi connectivity index (χ1v) is 6.24. The second-order valence-corrected chi connectivity index (χ2v) is 4.84. The van der Waals surface area contributed by atoms with Crippen LogP contribution in [0, 0.1) is 0 Å². The van der Waals surface area contributed by atoms with Crippen molar-refractivity contribution in [1.82, 2.24) is 4.98 Å². The number of aromatic nitrogens is 1. The van der Waals surface area contributed by atoms with Crippen molar-refractivity contribution >= 4 is 17.3 Å².